The minimum absolute atomic E-state index is 0.450. The number of hydrogen-bond acceptors (Lipinski definition) is 1. The van der Waals surface area contributed by atoms with E-state index in [9.17, 15) is 0 Å². The molecule has 80 valence electrons. The van der Waals surface area contributed by atoms with Gasteiger partial charge in [-0.3, -0.25) is 0 Å². The van der Waals surface area contributed by atoms with Crippen LogP contribution in [0.1, 0.15) is 32.3 Å². The fourth-order valence-electron chi connectivity index (χ4n) is 3.56. The molecule has 1 aliphatic carbocycles. The average Bonchev–Trinajstić information content (AvgIpc) is 2.59. The lowest BCUT2D eigenvalue weighted by Gasteiger charge is -2.51. The van der Waals surface area contributed by atoms with Gasteiger partial charge in [-0.2, -0.15) is 0 Å². The molecule has 1 nitrogen and oxygen atoms in total. The van der Waals surface area contributed by atoms with Crippen molar-refractivity contribution >= 4 is 5.69 Å². The molecule has 0 bridgehead atoms. The van der Waals surface area contributed by atoms with Crippen LogP contribution in [0.2, 0.25) is 0 Å². The van der Waals surface area contributed by atoms with Crippen LogP contribution in [0.4, 0.5) is 5.69 Å². The van der Waals surface area contributed by atoms with Crippen molar-refractivity contribution in [1.82, 2.24) is 0 Å². The van der Waals surface area contributed by atoms with Gasteiger partial charge in [-0.05, 0) is 43.7 Å². The van der Waals surface area contributed by atoms with Crippen LogP contribution >= 0.6 is 0 Å². The van der Waals surface area contributed by atoms with Gasteiger partial charge in [0.15, 0.2) is 0 Å². The summed E-state index contributed by atoms with van der Waals surface area (Å²) in [4.78, 5) is 2.64. The largest absolute Gasteiger partial charge is 0.366 e. The second-order valence-electron chi connectivity index (χ2n) is 5.54. The molecule has 1 aliphatic heterocycles. The molecule has 0 N–H and O–H groups in total. The van der Waals surface area contributed by atoms with Gasteiger partial charge in [0.05, 0.1) is 0 Å². The van der Waals surface area contributed by atoms with Crippen molar-refractivity contribution in [3.63, 3.8) is 0 Å². The Labute approximate surface area is 92.1 Å². The first kappa shape index (κ1) is 9.26. The van der Waals surface area contributed by atoms with Gasteiger partial charge in [0, 0.05) is 17.8 Å². The van der Waals surface area contributed by atoms with Crippen LogP contribution in [0.5, 0.6) is 0 Å². The van der Waals surface area contributed by atoms with E-state index >= 15 is 0 Å². The summed E-state index contributed by atoms with van der Waals surface area (Å²) in [5, 5.41) is 0. The fourth-order valence-corrected chi connectivity index (χ4v) is 3.56. The molecule has 3 rings (SSSR count). The van der Waals surface area contributed by atoms with E-state index in [1.807, 2.05) is 0 Å². The van der Waals surface area contributed by atoms with Gasteiger partial charge in [0.1, 0.15) is 0 Å². The molecule has 0 spiro atoms. The van der Waals surface area contributed by atoms with Crippen LogP contribution in [0.15, 0.2) is 24.3 Å². The Hall–Kier alpha value is -0.980. The van der Waals surface area contributed by atoms with Crippen molar-refractivity contribution in [1.29, 1.82) is 0 Å². The van der Waals surface area contributed by atoms with Crippen molar-refractivity contribution < 1.29 is 0 Å². The average molecular weight is 201 g/mol. The first-order valence-electron chi connectivity index (χ1n) is 6.05. The molecular formula is C14H19N. The number of fused-ring (bicyclic) bond motifs is 1. The molecule has 1 saturated carbocycles. The van der Waals surface area contributed by atoms with Crippen molar-refractivity contribution in [2.24, 2.45) is 5.92 Å². The highest BCUT2D eigenvalue weighted by molar-refractivity contribution is 5.60. The SMILES string of the molecule is CC1CC(C)(N2CCc3ccccc32)C1. The Morgan fingerprint density at radius 2 is 2.00 bits per heavy atom. The summed E-state index contributed by atoms with van der Waals surface area (Å²) in [5.74, 6) is 0.919. The van der Waals surface area contributed by atoms with Crippen molar-refractivity contribution in [2.45, 2.75) is 38.6 Å². The maximum atomic E-state index is 2.64. The summed E-state index contributed by atoms with van der Waals surface area (Å²) in [5.41, 5.74) is 3.48. The molecule has 1 heteroatoms. The van der Waals surface area contributed by atoms with Crippen molar-refractivity contribution in [2.75, 3.05) is 11.4 Å². The predicted molar refractivity (Wildman–Crippen MR) is 64.3 cm³/mol. The lowest BCUT2D eigenvalue weighted by molar-refractivity contribution is 0.172. The predicted octanol–water partition coefficient (Wildman–Crippen LogP) is 3.24. The molecule has 0 amide bonds. The Bertz CT molecular complexity index is 377. The molecule has 1 aromatic rings. The number of para-hydroxylation sites is 1. The highest BCUT2D eigenvalue weighted by Gasteiger charge is 2.44. The number of benzene rings is 1. The Balaban J connectivity index is 1.91. The Morgan fingerprint density at radius 3 is 2.73 bits per heavy atom. The summed E-state index contributed by atoms with van der Waals surface area (Å²) in [6.07, 6.45) is 3.96. The maximum Gasteiger partial charge on any atom is 0.0404 e. The molecule has 0 saturated heterocycles. The van der Waals surface area contributed by atoms with E-state index in [0.29, 0.717) is 5.54 Å². The van der Waals surface area contributed by atoms with E-state index in [1.54, 1.807) is 5.56 Å². The zero-order valence-electron chi connectivity index (χ0n) is 9.66. The second kappa shape index (κ2) is 3.01. The van der Waals surface area contributed by atoms with Crippen LogP contribution in [0.3, 0.4) is 0 Å². The first-order valence-corrected chi connectivity index (χ1v) is 6.05. The normalized spacial score (nSPS) is 33.7. The quantitative estimate of drug-likeness (QED) is 0.674. The minimum Gasteiger partial charge on any atom is -0.366 e. The lowest BCUT2D eigenvalue weighted by atomic mass is 9.69. The van der Waals surface area contributed by atoms with E-state index < -0.39 is 0 Å². The number of rotatable bonds is 1. The molecule has 0 atom stereocenters. The van der Waals surface area contributed by atoms with Crippen LogP contribution in [-0.2, 0) is 6.42 Å². The van der Waals surface area contributed by atoms with Gasteiger partial charge in [-0.1, -0.05) is 25.1 Å². The molecule has 0 aromatic heterocycles. The van der Waals surface area contributed by atoms with E-state index in [-0.39, 0.29) is 0 Å². The maximum absolute atomic E-state index is 2.64. The highest BCUT2D eigenvalue weighted by atomic mass is 15.2. The monoisotopic (exact) mass is 201 g/mol. The van der Waals surface area contributed by atoms with Crippen LogP contribution in [0.25, 0.3) is 0 Å². The topological polar surface area (TPSA) is 3.24 Å². The summed E-state index contributed by atoms with van der Waals surface area (Å²) in [6.45, 7) is 6.02. The summed E-state index contributed by atoms with van der Waals surface area (Å²) < 4.78 is 0. The van der Waals surface area contributed by atoms with E-state index in [2.05, 4.69) is 43.0 Å². The molecule has 0 radical (unpaired) electrons. The van der Waals surface area contributed by atoms with Crippen LogP contribution in [0, 0.1) is 5.92 Å². The molecular weight excluding hydrogens is 182 g/mol. The molecule has 2 aliphatic rings. The van der Waals surface area contributed by atoms with Gasteiger partial charge in [-0.15, -0.1) is 0 Å². The molecule has 0 unspecified atom stereocenters. The van der Waals surface area contributed by atoms with Gasteiger partial charge in [-0.25, -0.2) is 0 Å². The molecule has 1 fully saturated rings. The zero-order valence-corrected chi connectivity index (χ0v) is 9.66. The summed E-state index contributed by atoms with van der Waals surface area (Å²) in [6, 6.07) is 8.90. The number of anilines is 1. The lowest BCUT2D eigenvalue weighted by Crippen LogP contribution is -2.54. The third-order valence-electron chi connectivity index (χ3n) is 4.12. The first-order chi connectivity index (χ1) is 7.19. The van der Waals surface area contributed by atoms with E-state index in [4.69, 9.17) is 0 Å². The molecule has 15 heavy (non-hydrogen) atoms. The van der Waals surface area contributed by atoms with Gasteiger partial charge in [0.2, 0.25) is 0 Å². The third-order valence-corrected chi connectivity index (χ3v) is 4.12. The van der Waals surface area contributed by atoms with E-state index in [0.717, 1.165) is 5.92 Å². The van der Waals surface area contributed by atoms with E-state index in [1.165, 1.54) is 31.5 Å². The van der Waals surface area contributed by atoms with Crippen LogP contribution in [-0.4, -0.2) is 12.1 Å². The van der Waals surface area contributed by atoms with Crippen molar-refractivity contribution in [3.8, 4) is 0 Å². The molecule has 1 aromatic carbocycles. The van der Waals surface area contributed by atoms with Gasteiger partial charge in [0.25, 0.3) is 0 Å². The standard InChI is InChI=1S/C14H19N/c1-11-9-14(2,10-11)15-8-7-12-5-3-4-6-13(12)15/h3-6,11H,7-10H2,1-2H3. The zero-order chi connectivity index (χ0) is 10.5. The van der Waals surface area contributed by atoms with Crippen LogP contribution < -0.4 is 4.90 Å². The highest BCUT2D eigenvalue weighted by Crippen LogP contribution is 2.46. The fraction of sp³-hybridized carbons (Fsp3) is 0.571. The smallest absolute Gasteiger partial charge is 0.0404 e. The van der Waals surface area contributed by atoms with Gasteiger partial charge < -0.3 is 4.90 Å². The van der Waals surface area contributed by atoms with Gasteiger partial charge >= 0.3 is 0 Å². The number of hydrogen-bond donors (Lipinski definition) is 0. The number of nitrogens with zero attached hydrogens (tertiary/aromatic N) is 1. The summed E-state index contributed by atoms with van der Waals surface area (Å²) >= 11 is 0. The minimum atomic E-state index is 0.450. The Kier molecular flexibility index (Phi) is 1.86. The van der Waals surface area contributed by atoms with Crippen molar-refractivity contribution in [3.05, 3.63) is 29.8 Å². The Morgan fingerprint density at radius 1 is 1.27 bits per heavy atom. The summed E-state index contributed by atoms with van der Waals surface area (Å²) in [7, 11) is 0. The molecule has 1 heterocycles. The third kappa shape index (κ3) is 1.29. The second-order valence-corrected chi connectivity index (χ2v) is 5.54.